The Labute approximate surface area is 233 Å². The molecule has 3 aromatic carbocycles. The van der Waals surface area contributed by atoms with Gasteiger partial charge in [0, 0.05) is 16.7 Å². The lowest BCUT2D eigenvalue weighted by atomic mass is 10.1. The summed E-state index contributed by atoms with van der Waals surface area (Å²) in [4.78, 5) is 12.8. The molecule has 0 saturated heterocycles. The monoisotopic (exact) mass is 550 g/mol. The molecule has 0 bridgehead atoms. The number of methoxy groups -OCH3 is 6. The molecule has 11 nitrogen and oxygen atoms in total. The fourth-order valence-corrected chi connectivity index (χ4v) is 3.79. The van der Waals surface area contributed by atoms with E-state index in [1.165, 1.54) is 21.3 Å². The van der Waals surface area contributed by atoms with Crippen LogP contribution in [0.25, 0.3) is 0 Å². The van der Waals surface area contributed by atoms with E-state index in [1.54, 1.807) is 76.8 Å². The molecule has 3 aromatic rings. The van der Waals surface area contributed by atoms with Gasteiger partial charge in [0.1, 0.15) is 0 Å². The van der Waals surface area contributed by atoms with Crippen molar-refractivity contribution in [2.75, 3.05) is 48.1 Å². The molecule has 0 aliphatic carbocycles. The number of hydrogen-bond acceptors (Lipinski definition) is 10. The van der Waals surface area contributed by atoms with Crippen LogP contribution < -0.4 is 39.3 Å². The predicted molar refractivity (Wildman–Crippen MR) is 154 cm³/mol. The van der Waals surface area contributed by atoms with E-state index in [4.69, 9.17) is 28.4 Å². The number of ether oxygens (including phenoxy) is 6. The zero-order valence-corrected chi connectivity index (χ0v) is 23.9. The van der Waals surface area contributed by atoms with Crippen molar-refractivity contribution in [1.29, 1.82) is 0 Å². The van der Waals surface area contributed by atoms with Gasteiger partial charge in [0.15, 0.2) is 23.0 Å². The van der Waals surface area contributed by atoms with Crippen molar-refractivity contribution in [3.05, 3.63) is 65.2 Å². The molecule has 2 N–H and O–H groups in total. The largest absolute Gasteiger partial charge is 0.493 e. The molecule has 212 valence electrons. The average molecular weight is 551 g/mol. The number of amides is 1. The number of hydrazone groups is 2. The second-order valence-electron chi connectivity index (χ2n) is 8.36. The van der Waals surface area contributed by atoms with E-state index < -0.39 is 0 Å². The Morgan fingerprint density at radius 2 is 1.05 bits per heavy atom. The fourth-order valence-electron chi connectivity index (χ4n) is 3.79. The Hall–Kier alpha value is -4.93. The van der Waals surface area contributed by atoms with Gasteiger partial charge in [-0.2, -0.15) is 10.2 Å². The van der Waals surface area contributed by atoms with E-state index in [0.29, 0.717) is 62.7 Å². The summed E-state index contributed by atoms with van der Waals surface area (Å²) >= 11 is 0. The molecule has 1 amide bonds. The minimum Gasteiger partial charge on any atom is -0.493 e. The summed E-state index contributed by atoms with van der Waals surface area (Å²) < 4.78 is 32.4. The van der Waals surface area contributed by atoms with Crippen molar-refractivity contribution in [2.45, 2.75) is 13.8 Å². The van der Waals surface area contributed by atoms with Gasteiger partial charge in [-0.15, -0.1) is 0 Å². The standard InChI is InChI=1S/C29H34N4O7/c1-17(20-13-23(35-3)27(39-7)24(14-20)36-4)30-32-22-11-9-10-19(12-22)29(34)33-31-18(2)21-15-25(37-5)28(40-8)26(16-21)38-6/h9-16,32H,1-8H3,(H,33,34)/b30-17+,31-18-. The number of anilines is 1. The first-order chi connectivity index (χ1) is 19.3. The zero-order chi connectivity index (χ0) is 29.2. The highest BCUT2D eigenvalue weighted by atomic mass is 16.5. The van der Waals surface area contributed by atoms with E-state index >= 15 is 0 Å². The highest BCUT2D eigenvalue weighted by Crippen LogP contribution is 2.39. The number of nitrogens with zero attached hydrogens (tertiary/aromatic N) is 2. The number of rotatable bonds is 12. The zero-order valence-electron chi connectivity index (χ0n) is 23.9. The number of hydrogen-bond donors (Lipinski definition) is 2. The fraction of sp³-hybridized carbons (Fsp3) is 0.276. The molecule has 0 aliphatic rings. The highest BCUT2D eigenvalue weighted by molar-refractivity contribution is 6.02. The van der Waals surface area contributed by atoms with Crippen LogP contribution in [0.5, 0.6) is 34.5 Å². The van der Waals surface area contributed by atoms with Crippen LogP contribution in [0.4, 0.5) is 5.69 Å². The minimum absolute atomic E-state index is 0.388. The highest BCUT2D eigenvalue weighted by Gasteiger charge is 2.16. The third-order valence-corrected chi connectivity index (χ3v) is 5.97. The summed E-state index contributed by atoms with van der Waals surface area (Å²) in [5.74, 6) is 2.59. The normalized spacial score (nSPS) is 11.4. The lowest BCUT2D eigenvalue weighted by molar-refractivity contribution is 0.0955. The molecule has 0 atom stereocenters. The molecule has 0 spiro atoms. The average Bonchev–Trinajstić information content (AvgIpc) is 3.00. The van der Waals surface area contributed by atoms with Crippen molar-refractivity contribution in [3.63, 3.8) is 0 Å². The van der Waals surface area contributed by atoms with Gasteiger partial charge >= 0.3 is 0 Å². The van der Waals surface area contributed by atoms with E-state index in [0.717, 1.165) is 5.56 Å². The van der Waals surface area contributed by atoms with E-state index in [9.17, 15) is 4.79 Å². The van der Waals surface area contributed by atoms with Crippen molar-refractivity contribution in [2.24, 2.45) is 10.2 Å². The Bertz CT molecular complexity index is 1370. The van der Waals surface area contributed by atoms with Gasteiger partial charge in [0.05, 0.1) is 59.8 Å². The molecular weight excluding hydrogens is 516 g/mol. The van der Waals surface area contributed by atoms with Crippen LogP contribution in [0.15, 0.2) is 58.7 Å². The lowest BCUT2D eigenvalue weighted by Gasteiger charge is -2.14. The second-order valence-corrected chi connectivity index (χ2v) is 8.36. The lowest BCUT2D eigenvalue weighted by Crippen LogP contribution is -2.19. The molecule has 0 radical (unpaired) electrons. The van der Waals surface area contributed by atoms with E-state index in [1.807, 2.05) is 6.92 Å². The Morgan fingerprint density at radius 1 is 0.600 bits per heavy atom. The van der Waals surface area contributed by atoms with Gasteiger partial charge in [-0.05, 0) is 56.3 Å². The SMILES string of the molecule is COc1cc(/C(C)=N\NC(=O)c2cccc(N/N=C(\C)c3cc(OC)c(OC)c(OC)c3)c2)cc(OC)c1OC. The van der Waals surface area contributed by atoms with Crippen molar-refractivity contribution in [1.82, 2.24) is 5.43 Å². The summed E-state index contributed by atoms with van der Waals surface area (Å²) in [5, 5.41) is 8.70. The van der Waals surface area contributed by atoms with Crippen LogP contribution in [-0.4, -0.2) is 60.0 Å². The Kier molecular flexibility index (Phi) is 10.2. The summed E-state index contributed by atoms with van der Waals surface area (Å²) in [6, 6.07) is 14.0. The molecule has 0 unspecified atom stereocenters. The molecule has 3 rings (SSSR count). The van der Waals surface area contributed by atoms with Gasteiger partial charge < -0.3 is 28.4 Å². The Morgan fingerprint density at radius 3 is 1.48 bits per heavy atom. The first kappa shape index (κ1) is 29.6. The van der Waals surface area contributed by atoms with Crippen LogP contribution in [0, 0.1) is 0 Å². The molecule has 0 aromatic heterocycles. The maximum atomic E-state index is 12.8. The van der Waals surface area contributed by atoms with Crippen LogP contribution in [0.3, 0.4) is 0 Å². The van der Waals surface area contributed by atoms with Gasteiger partial charge in [0.25, 0.3) is 5.91 Å². The molecule has 0 heterocycles. The van der Waals surface area contributed by atoms with Gasteiger partial charge in [-0.25, -0.2) is 5.43 Å². The quantitative estimate of drug-likeness (QED) is 0.245. The number of carbonyl (C=O) groups is 1. The van der Waals surface area contributed by atoms with Gasteiger partial charge in [-0.1, -0.05) is 6.07 Å². The number of carbonyl (C=O) groups excluding carboxylic acids is 1. The topological polar surface area (TPSA) is 121 Å². The van der Waals surface area contributed by atoms with Crippen LogP contribution >= 0.6 is 0 Å². The first-order valence-corrected chi connectivity index (χ1v) is 12.2. The molecule has 40 heavy (non-hydrogen) atoms. The van der Waals surface area contributed by atoms with Gasteiger partial charge in [0.2, 0.25) is 11.5 Å². The maximum Gasteiger partial charge on any atom is 0.271 e. The molecule has 0 saturated carbocycles. The van der Waals surface area contributed by atoms with Crippen LogP contribution in [-0.2, 0) is 0 Å². The number of benzene rings is 3. The Balaban J connectivity index is 1.76. The minimum atomic E-state index is -0.388. The summed E-state index contributed by atoms with van der Waals surface area (Å²) in [7, 11) is 9.26. The van der Waals surface area contributed by atoms with E-state index in [2.05, 4.69) is 21.1 Å². The van der Waals surface area contributed by atoms with Crippen LogP contribution in [0.2, 0.25) is 0 Å². The third-order valence-electron chi connectivity index (χ3n) is 5.97. The third kappa shape index (κ3) is 6.73. The number of nitrogens with one attached hydrogen (secondary N) is 2. The molecule has 0 fully saturated rings. The van der Waals surface area contributed by atoms with Crippen molar-refractivity contribution >= 4 is 23.0 Å². The van der Waals surface area contributed by atoms with Crippen molar-refractivity contribution < 1.29 is 33.2 Å². The first-order valence-electron chi connectivity index (χ1n) is 12.2. The van der Waals surface area contributed by atoms with Gasteiger partial charge in [-0.3, -0.25) is 10.2 Å². The predicted octanol–water partition coefficient (Wildman–Crippen LogP) is 4.73. The van der Waals surface area contributed by atoms with Crippen molar-refractivity contribution in [3.8, 4) is 34.5 Å². The molecular formula is C29H34N4O7. The summed E-state index contributed by atoms with van der Waals surface area (Å²) in [5.41, 5.74) is 9.27. The second kappa shape index (κ2) is 13.7. The summed E-state index contributed by atoms with van der Waals surface area (Å²) in [6.45, 7) is 3.60. The maximum absolute atomic E-state index is 12.8. The van der Waals surface area contributed by atoms with Crippen LogP contribution in [0.1, 0.15) is 35.3 Å². The molecule has 0 aliphatic heterocycles. The van der Waals surface area contributed by atoms with E-state index in [-0.39, 0.29) is 5.91 Å². The molecule has 11 heteroatoms. The smallest absolute Gasteiger partial charge is 0.271 e. The summed E-state index contributed by atoms with van der Waals surface area (Å²) in [6.07, 6.45) is 0.